The SMILES string of the molecule is Cc1nc(N)nc(-n2c(NC3CNC(=O)C3)nc3ccccc32)n1. The summed E-state index contributed by atoms with van der Waals surface area (Å²) in [5.41, 5.74) is 7.42. The van der Waals surface area contributed by atoms with Gasteiger partial charge >= 0.3 is 0 Å². The van der Waals surface area contributed by atoms with Crippen LogP contribution < -0.4 is 16.4 Å². The molecule has 3 heterocycles. The molecule has 24 heavy (non-hydrogen) atoms. The van der Waals surface area contributed by atoms with E-state index in [0.29, 0.717) is 30.7 Å². The van der Waals surface area contributed by atoms with Gasteiger partial charge in [0.1, 0.15) is 5.82 Å². The lowest BCUT2D eigenvalue weighted by Crippen LogP contribution is -2.24. The van der Waals surface area contributed by atoms with E-state index in [9.17, 15) is 4.79 Å². The third kappa shape index (κ3) is 2.49. The summed E-state index contributed by atoms with van der Waals surface area (Å²) in [6.45, 7) is 2.31. The van der Waals surface area contributed by atoms with Crippen molar-refractivity contribution in [3.63, 3.8) is 0 Å². The zero-order valence-electron chi connectivity index (χ0n) is 13.0. The van der Waals surface area contributed by atoms with Crippen LogP contribution in [0, 0.1) is 6.92 Å². The summed E-state index contributed by atoms with van der Waals surface area (Å²) in [5.74, 6) is 1.67. The Morgan fingerprint density at radius 2 is 2.08 bits per heavy atom. The van der Waals surface area contributed by atoms with E-state index in [4.69, 9.17) is 5.73 Å². The number of para-hydroxylation sites is 2. The molecule has 1 amide bonds. The van der Waals surface area contributed by atoms with Crippen LogP contribution in [-0.4, -0.2) is 43.0 Å². The first-order valence-electron chi connectivity index (χ1n) is 7.59. The van der Waals surface area contributed by atoms with Crippen molar-refractivity contribution in [2.24, 2.45) is 0 Å². The number of anilines is 2. The average Bonchev–Trinajstić information content (AvgIpc) is 3.09. The Balaban J connectivity index is 1.85. The van der Waals surface area contributed by atoms with E-state index in [2.05, 4.69) is 30.6 Å². The van der Waals surface area contributed by atoms with Crippen molar-refractivity contribution in [2.75, 3.05) is 17.6 Å². The van der Waals surface area contributed by atoms with Crippen LogP contribution in [0.3, 0.4) is 0 Å². The van der Waals surface area contributed by atoms with Crippen molar-refractivity contribution in [2.45, 2.75) is 19.4 Å². The number of aryl methyl sites for hydroxylation is 1. The number of carbonyl (C=O) groups excluding carboxylic acids is 1. The molecule has 1 saturated heterocycles. The maximum atomic E-state index is 11.4. The number of rotatable bonds is 3. The van der Waals surface area contributed by atoms with Crippen LogP contribution in [0.25, 0.3) is 17.0 Å². The summed E-state index contributed by atoms with van der Waals surface area (Å²) in [6.07, 6.45) is 0.404. The largest absolute Gasteiger partial charge is 0.368 e. The summed E-state index contributed by atoms with van der Waals surface area (Å²) in [6, 6.07) is 7.64. The fourth-order valence-electron chi connectivity index (χ4n) is 2.80. The number of carbonyl (C=O) groups is 1. The molecule has 0 aliphatic carbocycles. The highest BCUT2D eigenvalue weighted by atomic mass is 16.1. The van der Waals surface area contributed by atoms with E-state index in [1.807, 2.05) is 24.3 Å². The third-order valence-electron chi connectivity index (χ3n) is 3.82. The molecule has 1 atom stereocenters. The summed E-state index contributed by atoms with van der Waals surface area (Å²) in [4.78, 5) is 28.7. The van der Waals surface area contributed by atoms with E-state index in [1.54, 1.807) is 11.5 Å². The second-order valence-corrected chi connectivity index (χ2v) is 5.65. The van der Waals surface area contributed by atoms with Crippen LogP contribution in [0.15, 0.2) is 24.3 Å². The minimum absolute atomic E-state index is 0.0235. The molecule has 122 valence electrons. The molecular weight excluding hydrogens is 308 g/mol. The van der Waals surface area contributed by atoms with Gasteiger partial charge < -0.3 is 16.4 Å². The van der Waals surface area contributed by atoms with Crippen LogP contribution in [0.1, 0.15) is 12.2 Å². The standard InChI is InChI=1S/C15H16N8O/c1-8-18-13(16)22-14(19-8)23-11-5-3-2-4-10(11)21-15(23)20-9-6-12(24)17-7-9/h2-5,9H,6-7H2,1H3,(H,17,24)(H,20,21)(H2,16,18,19,22). The van der Waals surface area contributed by atoms with Gasteiger partial charge in [-0.05, 0) is 19.1 Å². The molecule has 4 rings (SSSR count). The van der Waals surface area contributed by atoms with E-state index in [0.717, 1.165) is 11.0 Å². The number of aromatic nitrogens is 5. The molecule has 9 nitrogen and oxygen atoms in total. The van der Waals surface area contributed by atoms with Crippen LogP contribution in [0.4, 0.5) is 11.9 Å². The molecule has 9 heteroatoms. The highest BCUT2D eigenvalue weighted by molar-refractivity contribution is 5.82. The third-order valence-corrected chi connectivity index (χ3v) is 3.82. The second-order valence-electron chi connectivity index (χ2n) is 5.65. The van der Waals surface area contributed by atoms with Crippen LogP contribution >= 0.6 is 0 Å². The number of fused-ring (bicyclic) bond motifs is 1. The van der Waals surface area contributed by atoms with Crippen molar-refractivity contribution in [3.8, 4) is 5.95 Å². The Kier molecular flexibility index (Phi) is 3.26. The number of hydrogen-bond donors (Lipinski definition) is 3. The molecule has 0 saturated carbocycles. The van der Waals surface area contributed by atoms with Gasteiger partial charge in [-0.2, -0.15) is 15.0 Å². The van der Waals surface area contributed by atoms with E-state index < -0.39 is 0 Å². The number of nitrogen functional groups attached to an aromatic ring is 1. The Labute approximate surface area is 137 Å². The molecule has 4 N–H and O–H groups in total. The van der Waals surface area contributed by atoms with Crippen molar-refractivity contribution < 1.29 is 4.79 Å². The first-order valence-corrected chi connectivity index (χ1v) is 7.59. The number of nitrogens with zero attached hydrogens (tertiary/aromatic N) is 5. The minimum Gasteiger partial charge on any atom is -0.368 e. The molecule has 1 aliphatic rings. The highest BCUT2D eigenvalue weighted by Crippen LogP contribution is 2.24. The lowest BCUT2D eigenvalue weighted by atomic mass is 10.3. The monoisotopic (exact) mass is 324 g/mol. The number of amides is 1. The summed E-state index contributed by atoms with van der Waals surface area (Å²) in [7, 11) is 0. The van der Waals surface area contributed by atoms with Crippen LogP contribution in [0.2, 0.25) is 0 Å². The fraction of sp³-hybridized carbons (Fsp3) is 0.267. The van der Waals surface area contributed by atoms with Gasteiger partial charge in [-0.1, -0.05) is 12.1 Å². The lowest BCUT2D eigenvalue weighted by Gasteiger charge is -2.13. The van der Waals surface area contributed by atoms with E-state index in [1.165, 1.54) is 0 Å². The maximum absolute atomic E-state index is 11.4. The van der Waals surface area contributed by atoms with Crippen LogP contribution in [-0.2, 0) is 4.79 Å². The molecule has 1 aliphatic heterocycles. The van der Waals surface area contributed by atoms with Crippen molar-refractivity contribution in [1.82, 2.24) is 29.8 Å². The van der Waals surface area contributed by atoms with Crippen molar-refractivity contribution in [3.05, 3.63) is 30.1 Å². The normalized spacial score (nSPS) is 17.2. The van der Waals surface area contributed by atoms with Gasteiger partial charge in [0.25, 0.3) is 0 Å². The average molecular weight is 324 g/mol. The Hall–Kier alpha value is -3.23. The molecule has 1 aromatic carbocycles. The quantitative estimate of drug-likeness (QED) is 0.637. The molecule has 3 aromatic rings. The minimum atomic E-state index is -0.0339. The Morgan fingerprint density at radius 1 is 1.25 bits per heavy atom. The predicted molar refractivity (Wildman–Crippen MR) is 88.6 cm³/mol. The van der Waals surface area contributed by atoms with Crippen molar-refractivity contribution >= 4 is 28.8 Å². The molecule has 1 unspecified atom stereocenters. The zero-order valence-corrected chi connectivity index (χ0v) is 13.0. The van der Waals surface area contributed by atoms with Gasteiger partial charge in [0.2, 0.25) is 23.8 Å². The van der Waals surface area contributed by atoms with E-state index in [-0.39, 0.29) is 17.9 Å². The topological polar surface area (TPSA) is 124 Å². The van der Waals surface area contributed by atoms with Gasteiger partial charge in [0, 0.05) is 13.0 Å². The number of imidazole rings is 1. The fourth-order valence-corrected chi connectivity index (χ4v) is 2.80. The Morgan fingerprint density at radius 3 is 2.83 bits per heavy atom. The first-order chi connectivity index (χ1) is 11.6. The second kappa shape index (κ2) is 5.44. The molecule has 2 aromatic heterocycles. The van der Waals surface area contributed by atoms with Crippen LogP contribution in [0.5, 0.6) is 0 Å². The highest BCUT2D eigenvalue weighted by Gasteiger charge is 2.24. The first kappa shape index (κ1) is 14.4. The number of hydrogen-bond acceptors (Lipinski definition) is 7. The predicted octanol–water partition coefficient (Wildman–Crippen LogP) is 0.402. The van der Waals surface area contributed by atoms with Gasteiger partial charge in [-0.15, -0.1) is 0 Å². The van der Waals surface area contributed by atoms with Gasteiger partial charge in [-0.25, -0.2) is 9.55 Å². The summed E-state index contributed by atoms with van der Waals surface area (Å²) in [5, 5.41) is 6.10. The van der Waals surface area contributed by atoms with Gasteiger partial charge in [0.05, 0.1) is 17.1 Å². The molecule has 0 bridgehead atoms. The summed E-state index contributed by atoms with van der Waals surface area (Å²) >= 11 is 0. The lowest BCUT2D eigenvalue weighted by molar-refractivity contribution is -0.119. The molecular formula is C15H16N8O. The molecule has 0 radical (unpaired) electrons. The maximum Gasteiger partial charge on any atom is 0.242 e. The Bertz CT molecular complexity index is 914. The zero-order chi connectivity index (χ0) is 16.7. The smallest absolute Gasteiger partial charge is 0.242 e. The molecule has 1 fully saturated rings. The van der Waals surface area contributed by atoms with Gasteiger partial charge in [-0.3, -0.25) is 4.79 Å². The summed E-state index contributed by atoms with van der Waals surface area (Å²) < 4.78 is 1.79. The molecule has 0 spiro atoms. The number of nitrogens with two attached hydrogens (primary N) is 1. The number of nitrogens with one attached hydrogen (secondary N) is 2. The van der Waals surface area contributed by atoms with Crippen molar-refractivity contribution in [1.29, 1.82) is 0 Å². The number of benzene rings is 1. The van der Waals surface area contributed by atoms with E-state index >= 15 is 0 Å². The van der Waals surface area contributed by atoms with Gasteiger partial charge in [0.15, 0.2) is 0 Å².